The van der Waals surface area contributed by atoms with Gasteiger partial charge in [0.05, 0.1) is 0 Å². The summed E-state index contributed by atoms with van der Waals surface area (Å²) in [6.45, 7) is 4.32. The molecule has 0 spiro atoms. The molecule has 3 N–H and O–H groups in total. The zero-order valence-corrected chi connectivity index (χ0v) is 11.5. The van der Waals surface area contributed by atoms with Crippen LogP contribution < -0.4 is 11.1 Å². The molecule has 1 aliphatic heterocycles. The lowest BCUT2D eigenvalue weighted by atomic mass is 9.85. The summed E-state index contributed by atoms with van der Waals surface area (Å²) in [5.74, 6) is -0.244. The van der Waals surface area contributed by atoms with E-state index in [9.17, 15) is 9.59 Å². The molecule has 0 saturated carbocycles. The van der Waals surface area contributed by atoms with Gasteiger partial charge in [0.1, 0.15) is 5.54 Å². The normalized spacial score (nSPS) is 22.8. The van der Waals surface area contributed by atoms with E-state index in [-0.39, 0.29) is 11.9 Å². The molecular formula is C14H19N3O2. The number of carbonyl (C=O) groups excluding carboxylic acids is 2. The second-order valence-corrected chi connectivity index (χ2v) is 5.04. The Morgan fingerprint density at radius 2 is 1.95 bits per heavy atom. The van der Waals surface area contributed by atoms with Gasteiger partial charge in [0.2, 0.25) is 0 Å². The maximum Gasteiger partial charge on any atom is 0.325 e. The van der Waals surface area contributed by atoms with Crippen LogP contribution in [0.4, 0.5) is 4.79 Å². The second-order valence-electron chi connectivity index (χ2n) is 5.04. The Balaban J connectivity index is 2.54. The summed E-state index contributed by atoms with van der Waals surface area (Å²) in [6.07, 6.45) is 0.393. The van der Waals surface area contributed by atoms with Crippen molar-refractivity contribution < 1.29 is 9.59 Å². The fourth-order valence-corrected chi connectivity index (χ4v) is 2.43. The highest BCUT2D eigenvalue weighted by atomic mass is 16.2. The minimum atomic E-state index is -1.01. The number of hydrogen-bond acceptors (Lipinski definition) is 3. The molecule has 1 fully saturated rings. The van der Waals surface area contributed by atoms with Crippen molar-refractivity contribution in [2.24, 2.45) is 5.73 Å². The predicted octanol–water partition coefficient (Wildman–Crippen LogP) is 1.03. The molecular weight excluding hydrogens is 242 g/mol. The van der Waals surface area contributed by atoms with Crippen molar-refractivity contribution in [3.05, 3.63) is 34.9 Å². The Kier molecular flexibility index (Phi) is 3.32. The van der Waals surface area contributed by atoms with E-state index in [4.69, 9.17) is 5.73 Å². The zero-order valence-electron chi connectivity index (χ0n) is 11.5. The first-order chi connectivity index (χ1) is 8.92. The number of hydrogen-bond donors (Lipinski definition) is 2. The summed E-state index contributed by atoms with van der Waals surface area (Å²) in [6, 6.07) is 5.41. The van der Waals surface area contributed by atoms with E-state index in [1.807, 2.05) is 32.0 Å². The molecule has 3 amide bonds. The maximum atomic E-state index is 12.4. The molecule has 1 aromatic rings. The van der Waals surface area contributed by atoms with Crippen LogP contribution in [0, 0.1) is 13.8 Å². The van der Waals surface area contributed by atoms with E-state index in [2.05, 4.69) is 5.32 Å². The molecule has 1 unspecified atom stereocenters. The van der Waals surface area contributed by atoms with Crippen LogP contribution in [0.1, 0.15) is 23.1 Å². The number of rotatable bonds is 3. The third-order valence-corrected chi connectivity index (χ3v) is 3.81. The Bertz CT molecular complexity index is 541. The number of benzene rings is 1. The summed E-state index contributed by atoms with van der Waals surface area (Å²) in [4.78, 5) is 25.3. The minimum Gasteiger partial charge on any atom is -0.330 e. The van der Waals surface area contributed by atoms with Gasteiger partial charge in [-0.1, -0.05) is 18.2 Å². The fraction of sp³-hybridized carbons (Fsp3) is 0.429. The molecule has 2 rings (SSSR count). The van der Waals surface area contributed by atoms with Gasteiger partial charge < -0.3 is 11.1 Å². The average Bonchev–Trinajstić information content (AvgIpc) is 2.59. The summed E-state index contributed by atoms with van der Waals surface area (Å²) in [7, 11) is 1.48. The number of nitrogens with one attached hydrogen (secondary N) is 1. The summed E-state index contributed by atoms with van der Waals surface area (Å²) in [5.41, 5.74) is 7.65. The zero-order chi connectivity index (χ0) is 14.2. The van der Waals surface area contributed by atoms with Crippen molar-refractivity contribution in [2.45, 2.75) is 25.8 Å². The molecule has 5 nitrogen and oxygen atoms in total. The summed E-state index contributed by atoms with van der Waals surface area (Å²) >= 11 is 0. The van der Waals surface area contributed by atoms with E-state index in [1.165, 1.54) is 7.05 Å². The number of aryl methyl sites for hydroxylation is 2. The van der Waals surface area contributed by atoms with Gasteiger partial charge in [-0.25, -0.2) is 4.79 Å². The molecule has 0 aromatic heterocycles. The number of nitrogens with two attached hydrogens (primary N) is 1. The summed E-state index contributed by atoms with van der Waals surface area (Å²) in [5, 5.41) is 2.79. The number of carbonyl (C=O) groups is 2. The topological polar surface area (TPSA) is 75.4 Å². The average molecular weight is 261 g/mol. The van der Waals surface area contributed by atoms with Crippen molar-refractivity contribution in [1.29, 1.82) is 0 Å². The minimum absolute atomic E-state index is 0.244. The van der Waals surface area contributed by atoms with Crippen molar-refractivity contribution in [3.8, 4) is 0 Å². The van der Waals surface area contributed by atoms with E-state index in [0.29, 0.717) is 13.0 Å². The largest absolute Gasteiger partial charge is 0.330 e. The first kappa shape index (κ1) is 13.5. The molecule has 0 radical (unpaired) electrons. The molecule has 5 heteroatoms. The second kappa shape index (κ2) is 4.66. The van der Waals surface area contributed by atoms with Gasteiger partial charge in [-0.15, -0.1) is 0 Å². The van der Waals surface area contributed by atoms with Crippen molar-refractivity contribution >= 4 is 11.9 Å². The van der Waals surface area contributed by atoms with Gasteiger partial charge in [-0.2, -0.15) is 0 Å². The van der Waals surface area contributed by atoms with Crippen LogP contribution in [0.25, 0.3) is 0 Å². The van der Waals surface area contributed by atoms with E-state index >= 15 is 0 Å². The quantitative estimate of drug-likeness (QED) is 0.798. The predicted molar refractivity (Wildman–Crippen MR) is 72.6 cm³/mol. The molecule has 0 bridgehead atoms. The Hall–Kier alpha value is -1.88. The van der Waals surface area contributed by atoms with Gasteiger partial charge in [-0.05, 0) is 43.5 Å². The maximum absolute atomic E-state index is 12.4. The third kappa shape index (κ3) is 2.00. The van der Waals surface area contributed by atoms with Crippen molar-refractivity contribution in [2.75, 3.05) is 13.6 Å². The highest BCUT2D eigenvalue weighted by Gasteiger charge is 2.50. The number of amides is 3. The van der Waals surface area contributed by atoms with Crippen molar-refractivity contribution in [1.82, 2.24) is 10.2 Å². The Morgan fingerprint density at radius 1 is 1.26 bits per heavy atom. The molecule has 0 aliphatic carbocycles. The van der Waals surface area contributed by atoms with Crippen molar-refractivity contribution in [3.63, 3.8) is 0 Å². The van der Waals surface area contributed by atoms with Crippen LogP contribution in [-0.4, -0.2) is 30.4 Å². The lowest BCUT2D eigenvalue weighted by Gasteiger charge is -2.27. The van der Waals surface area contributed by atoms with E-state index in [1.54, 1.807) is 0 Å². The number of nitrogens with zero attached hydrogens (tertiary/aromatic N) is 1. The SMILES string of the molecule is Cc1ccc(C2(CCN)NC(=O)N(C)C2=O)cc1C. The third-order valence-electron chi connectivity index (χ3n) is 3.81. The molecule has 1 atom stereocenters. The van der Waals surface area contributed by atoms with Gasteiger partial charge >= 0.3 is 6.03 Å². The molecule has 1 aromatic carbocycles. The van der Waals surface area contributed by atoms with Crippen LogP contribution in [-0.2, 0) is 10.3 Å². The number of likely N-dealkylation sites (N-methyl/N-ethyl adjacent to an activating group) is 1. The van der Waals surface area contributed by atoms with Gasteiger partial charge in [-0.3, -0.25) is 9.69 Å². The number of imide groups is 1. The first-order valence-electron chi connectivity index (χ1n) is 6.30. The fourth-order valence-electron chi connectivity index (χ4n) is 2.43. The lowest BCUT2D eigenvalue weighted by Crippen LogP contribution is -2.45. The monoisotopic (exact) mass is 261 g/mol. The summed E-state index contributed by atoms with van der Waals surface area (Å²) < 4.78 is 0. The van der Waals surface area contributed by atoms with Crippen LogP contribution in [0.15, 0.2) is 18.2 Å². The van der Waals surface area contributed by atoms with Gasteiger partial charge in [0, 0.05) is 7.05 Å². The Labute approximate surface area is 112 Å². The smallest absolute Gasteiger partial charge is 0.325 e. The van der Waals surface area contributed by atoms with E-state index < -0.39 is 5.54 Å². The standard InChI is InChI=1S/C14H19N3O2/c1-9-4-5-11(8-10(9)2)14(6-7-15)12(18)17(3)13(19)16-14/h4-5,8H,6-7,15H2,1-3H3,(H,16,19). The molecule has 1 heterocycles. The first-order valence-corrected chi connectivity index (χ1v) is 6.30. The van der Waals surface area contributed by atoms with Crippen LogP contribution in [0.3, 0.4) is 0 Å². The van der Waals surface area contributed by atoms with E-state index in [0.717, 1.165) is 21.6 Å². The van der Waals surface area contributed by atoms with Crippen LogP contribution >= 0.6 is 0 Å². The van der Waals surface area contributed by atoms with Gasteiger partial charge in [0.15, 0.2) is 0 Å². The lowest BCUT2D eigenvalue weighted by molar-refractivity contribution is -0.130. The van der Waals surface area contributed by atoms with Gasteiger partial charge in [0.25, 0.3) is 5.91 Å². The molecule has 1 aliphatic rings. The molecule has 102 valence electrons. The highest BCUT2D eigenvalue weighted by Crippen LogP contribution is 2.32. The molecule has 1 saturated heterocycles. The molecule has 19 heavy (non-hydrogen) atoms. The number of urea groups is 1. The van der Waals surface area contributed by atoms with Crippen LogP contribution in [0.5, 0.6) is 0 Å². The Morgan fingerprint density at radius 3 is 2.42 bits per heavy atom. The van der Waals surface area contributed by atoms with Crippen LogP contribution in [0.2, 0.25) is 0 Å². The highest BCUT2D eigenvalue weighted by molar-refractivity contribution is 6.07.